The average Bonchev–Trinajstić information content (AvgIpc) is 2.58. The van der Waals surface area contributed by atoms with Gasteiger partial charge >= 0.3 is 11.6 Å². The lowest BCUT2D eigenvalue weighted by Crippen LogP contribution is -2.14. The molecule has 2 aromatic carbocycles. The van der Waals surface area contributed by atoms with Gasteiger partial charge in [0.25, 0.3) is 0 Å². The fraction of sp³-hybridized carbons (Fsp3) is 0.111. The summed E-state index contributed by atoms with van der Waals surface area (Å²) in [5.74, 6) is -0.725. The number of ether oxygens (including phenoxy) is 1. The van der Waals surface area contributed by atoms with Crippen molar-refractivity contribution in [3.63, 3.8) is 0 Å². The summed E-state index contributed by atoms with van der Waals surface area (Å²) in [4.78, 5) is 24.0. The van der Waals surface area contributed by atoms with E-state index in [2.05, 4.69) is 15.9 Å². The maximum atomic E-state index is 12.4. The van der Waals surface area contributed by atoms with Crippen LogP contribution >= 0.6 is 15.9 Å². The van der Waals surface area contributed by atoms with E-state index in [1.165, 1.54) is 24.3 Å². The second-order valence-corrected chi connectivity index (χ2v) is 8.31. The molecule has 0 aliphatic carbocycles. The van der Waals surface area contributed by atoms with E-state index in [-0.39, 0.29) is 17.1 Å². The highest BCUT2D eigenvalue weighted by Crippen LogP contribution is 2.23. The van der Waals surface area contributed by atoms with Gasteiger partial charge in [-0.2, -0.15) is 0 Å². The predicted octanol–water partition coefficient (Wildman–Crippen LogP) is 2.87. The molecule has 0 bridgehead atoms. The first-order valence-corrected chi connectivity index (χ1v) is 10.0. The first-order chi connectivity index (χ1) is 12.6. The fourth-order valence-corrected chi connectivity index (χ4v) is 3.42. The van der Waals surface area contributed by atoms with Crippen LogP contribution in [0.4, 0.5) is 0 Å². The van der Waals surface area contributed by atoms with Crippen molar-refractivity contribution in [2.75, 3.05) is 0 Å². The highest BCUT2D eigenvalue weighted by atomic mass is 79.9. The molecule has 0 radical (unpaired) electrons. The van der Waals surface area contributed by atoms with Crippen LogP contribution in [-0.2, 0) is 21.4 Å². The van der Waals surface area contributed by atoms with Gasteiger partial charge in [0.05, 0.1) is 10.5 Å². The third-order valence-corrected chi connectivity index (χ3v) is 5.31. The van der Waals surface area contributed by atoms with E-state index >= 15 is 0 Å². The van der Waals surface area contributed by atoms with Crippen LogP contribution in [0, 0.1) is 6.92 Å². The van der Waals surface area contributed by atoms with Crippen LogP contribution in [0.1, 0.15) is 21.5 Å². The molecule has 2 N–H and O–H groups in total. The first-order valence-electron chi connectivity index (χ1n) is 7.68. The number of rotatable bonds is 4. The van der Waals surface area contributed by atoms with Crippen LogP contribution in [0.5, 0.6) is 0 Å². The topological polar surface area (TPSA) is 117 Å². The zero-order chi connectivity index (χ0) is 19.8. The SMILES string of the molecule is Cc1ccc(S(N)(=O)=O)cc1C(=O)OCc1cc(=O)oc2cc(Br)ccc12. The molecule has 0 amide bonds. The van der Waals surface area contributed by atoms with E-state index in [0.717, 1.165) is 4.47 Å². The molecule has 0 spiro atoms. The van der Waals surface area contributed by atoms with Crippen LogP contribution in [0.15, 0.2) is 61.0 Å². The maximum Gasteiger partial charge on any atom is 0.338 e. The molecular weight excluding hydrogens is 438 g/mol. The van der Waals surface area contributed by atoms with Gasteiger partial charge in [0.2, 0.25) is 10.0 Å². The number of carbonyl (C=O) groups is 1. The minimum Gasteiger partial charge on any atom is -0.457 e. The third-order valence-electron chi connectivity index (χ3n) is 3.91. The van der Waals surface area contributed by atoms with Crippen molar-refractivity contribution in [1.82, 2.24) is 0 Å². The Morgan fingerprint density at radius 3 is 2.63 bits per heavy atom. The fourth-order valence-electron chi connectivity index (χ4n) is 2.54. The normalized spacial score (nSPS) is 11.5. The summed E-state index contributed by atoms with van der Waals surface area (Å²) in [6.07, 6.45) is 0. The molecule has 0 fully saturated rings. The van der Waals surface area contributed by atoms with Crippen LogP contribution in [0.2, 0.25) is 0 Å². The lowest BCUT2D eigenvalue weighted by Gasteiger charge is -2.10. The number of fused-ring (bicyclic) bond motifs is 1. The van der Waals surface area contributed by atoms with E-state index in [4.69, 9.17) is 14.3 Å². The monoisotopic (exact) mass is 451 g/mol. The second kappa shape index (κ2) is 7.26. The molecule has 0 saturated heterocycles. The number of esters is 1. The van der Waals surface area contributed by atoms with Crippen LogP contribution < -0.4 is 10.8 Å². The van der Waals surface area contributed by atoms with Gasteiger partial charge in [0.15, 0.2) is 0 Å². The van der Waals surface area contributed by atoms with Gasteiger partial charge in [-0.25, -0.2) is 23.1 Å². The van der Waals surface area contributed by atoms with Gasteiger partial charge in [0.1, 0.15) is 12.2 Å². The number of nitrogens with two attached hydrogens (primary N) is 1. The molecule has 0 aliphatic heterocycles. The average molecular weight is 452 g/mol. The third kappa shape index (κ3) is 4.26. The number of aryl methyl sites for hydroxylation is 1. The number of primary sulfonamides is 1. The lowest BCUT2D eigenvalue weighted by atomic mass is 10.1. The number of hydrogen-bond acceptors (Lipinski definition) is 6. The van der Waals surface area contributed by atoms with E-state index in [1.807, 2.05) is 0 Å². The molecule has 3 rings (SSSR count). The molecule has 0 atom stereocenters. The molecule has 1 aromatic heterocycles. The Hall–Kier alpha value is -2.49. The Kier molecular flexibility index (Phi) is 5.18. The Labute approximate surface area is 162 Å². The summed E-state index contributed by atoms with van der Waals surface area (Å²) in [5.41, 5.74) is 0.877. The van der Waals surface area contributed by atoms with Crippen LogP contribution in [-0.4, -0.2) is 14.4 Å². The number of hydrogen-bond donors (Lipinski definition) is 1. The Balaban J connectivity index is 1.91. The van der Waals surface area contributed by atoms with E-state index in [0.29, 0.717) is 22.1 Å². The molecular formula is C18H14BrNO6S. The molecule has 27 heavy (non-hydrogen) atoms. The summed E-state index contributed by atoms with van der Waals surface area (Å²) in [6, 6.07) is 10.3. The summed E-state index contributed by atoms with van der Waals surface area (Å²) >= 11 is 3.30. The van der Waals surface area contributed by atoms with E-state index in [9.17, 15) is 18.0 Å². The van der Waals surface area contributed by atoms with Crippen molar-refractivity contribution in [2.24, 2.45) is 5.14 Å². The van der Waals surface area contributed by atoms with Gasteiger partial charge in [-0.1, -0.05) is 22.0 Å². The first kappa shape index (κ1) is 19.3. The predicted molar refractivity (Wildman–Crippen MR) is 102 cm³/mol. The standard InChI is InChI=1S/C18H14BrNO6S/c1-10-2-4-13(27(20,23)24)8-15(10)18(22)25-9-11-6-17(21)26-16-7-12(19)3-5-14(11)16/h2-8H,9H2,1H3,(H2,20,23,24). The molecule has 3 aromatic rings. The smallest absolute Gasteiger partial charge is 0.338 e. The molecule has 7 nitrogen and oxygen atoms in total. The van der Waals surface area contributed by atoms with Gasteiger partial charge in [0, 0.05) is 21.5 Å². The summed E-state index contributed by atoms with van der Waals surface area (Å²) in [5, 5.41) is 5.73. The van der Waals surface area contributed by atoms with Crippen molar-refractivity contribution in [3.8, 4) is 0 Å². The quantitative estimate of drug-likeness (QED) is 0.481. The van der Waals surface area contributed by atoms with Crippen LogP contribution in [0.25, 0.3) is 11.0 Å². The molecule has 9 heteroatoms. The Morgan fingerprint density at radius 1 is 1.19 bits per heavy atom. The molecule has 1 heterocycles. The van der Waals surface area contributed by atoms with Gasteiger partial charge in [-0.3, -0.25) is 0 Å². The van der Waals surface area contributed by atoms with Crippen molar-refractivity contribution in [1.29, 1.82) is 0 Å². The second-order valence-electron chi connectivity index (χ2n) is 5.83. The van der Waals surface area contributed by atoms with Gasteiger partial charge < -0.3 is 9.15 Å². The highest BCUT2D eigenvalue weighted by Gasteiger charge is 2.17. The number of carbonyl (C=O) groups excluding carboxylic acids is 1. The molecule has 0 aliphatic rings. The van der Waals surface area contributed by atoms with Gasteiger partial charge in [-0.15, -0.1) is 0 Å². The number of sulfonamides is 1. The summed E-state index contributed by atoms with van der Waals surface area (Å²) < 4.78 is 34.1. The highest BCUT2D eigenvalue weighted by molar-refractivity contribution is 9.10. The molecule has 0 unspecified atom stereocenters. The number of benzene rings is 2. The zero-order valence-electron chi connectivity index (χ0n) is 14.1. The van der Waals surface area contributed by atoms with Crippen molar-refractivity contribution < 1.29 is 22.4 Å². The lowest BCUT2D eigenvalue weighted by molar-refractivity contribution is 0.0472. The Bertz CT molecular complexity index is 1220. The van der Waals surface area contributed by atoms with Crippen molar-refractivity contribution in [3.05, 3.63) is 74.0 Å². The summed E-state index contributed by atoms with van der Waals surface area (Å²) in [6.45, 7) is 1.47. The van der Waals surface area contributed by atoms with Gasteiger partial charge in [-0.05, 0) is 42.8 Å². The summed E-state index contributed by atoms with van der Waals surface area (Å²) in [7, 11) is -3.95. The van der Waals surface area contributed by atoms with Crippen molar-refractivity contribution in [2.45, 2.75) is 18.4 Å². The number of halogens is 1. The van der Waals surface area contributed by atoms with Crippen LogP contribution in [0.3, 0.4) is 0 Å². The van der Waals surface area contributed by atoms with E-state index < -0.39 is 21.6 Å². The minimum absolute atomic E-state index is 0.0801. The largest absolute Gasteiger partial charge is 0.457 e. The Morgan fingerprint density at radius 2 is 1.93 bits per heavy atom. The minimum atomic E-state index is -3.95. The molecule has 140 valence electrons. The van der Waals surface area contributed by atoms with Crippen molar-refractivity contribution >= 4 is 42.9 Å². The van der Waals surface area contributed by atoms with E-state index in [1.54, 1.807) is 25.1 Å². The maximum absolute atomic E-state index is 12.4. The zero-order valence-corrected chi connectivity index (χ0v) is 16.5. The molecule has 0 saturated carbocycles.